The van der Waals surface area contributed by atoms with E-state index in [4.69, 9.17) is 0 Å². The third kappa shape index (κ3) is 3.54. The molecule has 0 radical (unpaired) electrons. The van der Waals surface area contributed by atoms with Crippen molar-refractivity contribution in [1.29, 1.82) is 0 Å². The van der Waals surface area contributed by atoms with Crippen molar-refractivity contribution in [2.45, 2.75) is 19.8 Å². The smallest absolute Gasteiger partial charge is 0.261 e. The van der Waals surface area contributed by atoms with Crippen LogP contribution in [0.25, 0.3) is 0 Å². The minimum absolute atomic E-state index is 0.0814. The third-order valence-electron chi connectivity index (χ3n) is 3.45. The molecule has 1 saturated heterocycles. The van der Waals surface area contributed by atoms with Crippen LogP contribution in [0.2, 0.25) is 0 Å². The summed E-state index contributed by atoms with van der Waals surface area (Å²) >= 11 is 1.50. The molecule has 0 spiro atoms. The highest BCUT2D eigenvalue weighted by Crippen LogP contribution is 2.16. The predicted molar refractivity (Wildman–Crippen MR) is 71.5 cm³/mol. The minimum Gasteiger partial charge on any atom is -0.351 e. The van der Waals surface area contributed by atoms with Gasteiger partial charge in [-0.25, -0.2) is 0 Å². The Morgan fingerprint density at radius 2 is 2.29 bits per heavy atom. The van der Waals surface area contributed by atoms with Gasteiger partial charge in [0, 0.05) is 6.54 Å². The topological polar surface area (TPSA) is 32.3 Å². The lowest BCUT2D eigenvalue weighted by atomic mass is 9.97. The summed E-state index contributed by atoms with van der Waals surface area (Å²) in [6.45, 7) is 6.54. The van der Waals surface area contributed by atoms with Crippen molar-refractivity contribution in [3.63, 3.8) is 0 Å². The third-order valence-corrected chi connectivity index (χ3v) is 4.32. The van der Waals surface area contributed by atoms with Gasteiger partial charge in [0.1, 0.15) is 0 Å². The molecule has 4 heteroatoms. The van der Waals surface area contributed by atoms with Gasteiger partial charge in [0.15, 0.2) is 0 Å². The summed E-state index contributed by atoms with van der Waals surface area (Å²) < 4.78 is 0. The Balaban J connectivity index is 1.71. The van der Waals surface area contributed by atoms with Crippen molar-refractivity contribution >= 4 is 17.2 Å². The van der Waals surface area contributed by atoms with Gasteiger partial charge >= 0.3 is 0 Å². The highest BCUT2D eigenvalue weighted by Gasteiger charge is 2.18. The van der Waals surface area contributed by atoms with Crippen molar-refractivity contribution in [1.82, 2.24) is 10.2 Å². The molecule has 1 fully saturated rings. The number of carbonyl (C=O) groups excluding carboxylic acids is 1. The summed E-state index contributed by atoms with van der Waals surface area (Å²) in [5.41, 5.74) is 0. The Morgan fingerprint density at radius 3 is 2.88 bits per heavy atom. The predicted octanol–water partition coefficient (Wildman–Crippen LogP) is 2.21. The van der Waals surface area contributed by atoms with Crippen LogP contribution < -0.4 is 5.32 Å². The zero-order valence-corrected chi connectivity index (χ0v) is 11.1. The summed E-state index contributed by atoms with van der Waals surface area (Å²) in [7, 11) is 0. The molecule has 0 bridgehead atoms. The molecule has 1 aromatic heterocycles. The number of amides is 1. The average molecular weight is 252 g/mol. The van der Waals surface area contributed by atoms with Crippen molar-refractivity contribution in [3.8, 4) is 0 Å². The van der Waals surface area contributed by atoms with E-state index in [0.29, 0.717) is 5.92 Å². The summed E-state index contributed by atoms with van der Waals surface area (Å²) in [4.78, 5) is 15.0. The van der Waals surface area contributed by atoms with Crippen LogP contribution >= 0.6 is 11.3 Å². The monoisotopic (exact) mass is 252 g/mol. The van der Waals surface area contributed by atoms with Crippen molar-refractivity contribution in [2.75, 3.05) is 26.2 Å². The van der Waals surface area contributed by atoms with Gasteiger partial charge in [-0.05, 0) is 49.8 Å². The zero-order valence-electron chi connectivity index (χ0n) is 10.3. The number of hydrogen-bond donors (Lipinski definition) is 1. The maximum absolute atomic E-state index is 11.8. The second-order valence-electron chi connectivity index (χ2n) is 4.56. The number of nitrogens with one attached hydrogen (secondary N) is 1. The molecule has 0 aliphatic carbocycles. The van der Waals surface area contributed by atoms with Gasteiger partial charge in [-0.3, -0.25) is 4.79 Å². The Hall–Kier alpha value is -0.870. The van der Waals surface area contributed by atoms with E-state index in [1.54, 1.807) is 0 Å². The van der Waals surface area contributed by atoms with Gasteiger partial charge in [0.2, 0.25) is 0 Å². The number of thiophene rings is 1. The second-order valence-corrected chi connectivity index (χ2v) is 5.51. The maximum Gasteiger partial charge on any atom is 0.261 e. The molecule has 0 unspecified atom stereocenters. The highest BCUT2D eigenvalue weighted by molar-refractivity contribution is 7.12. The van der Waals surface area contributed by atoms with E-state index in [2.05, 4.69) is 17.1 Å². The highest BCUT2D eigenvalue weighted by atomic mass is 32.1. The lowest BCUT2D eigenvalue weighted by Gasteiger charge is -2.30. The lowest BCUT2D eigenvalue weighted by Crippen LogP contribution is -2.38. The van der Waals surface area contributed by atoms with E-state index < -0.39 is 0 Å². The molecule has 3 nitrogen and oxygen atoms in total. The number of likely N-dealkylation sites (tertiary alicyclic amines) is 1. The Labute approximate surface area is 107 Å². The van der Waals surface area contributed by atoms with Gasteiger partial charge in [0.05, 0.1) is 4.88 Å². The van der Waals surface area contributed by atoms with Crippen molar-refractivity contribution in [3.05, 3.63) is 22.4 Å². The van der Waals surface area contributed by atoms with Crippen LogP contribution in [0, 0.1) is 5.92 Å². The van der Waals surface area contributed by atoms with E-state index in [0.717, 1.165) is 18.0 Å². The van der Waals surface area contributed by atoms with E-state index in [9.17, 15) is 4.79 Å². The van der Waals surface area contributed by atoms with Crippen LogP contribution in [0.3, 0.4) is 0 Å². The van der Waals surface area contributed by atoms with Gasteiger partial charge in [-0.15, -0.1) is 11.3 Å². The number of piperidine rings is 1. The molecule has 0 atom stereocenters. The molecule has 1 amide bonds. The fourth-order valence-corrected chi connectivity index (χ4v) is 2.88. The zero-order chi connectivity index (χ0) is 12.1. The number of hydrogen-bond acceptors (Lipinski definition) is 3. The standard InChI is InChI=1S/C13H20N2OS/c1-2-15-7-5-11(6-8-15)10-14-13(16)12-4-3-9-17-12/h3-4,9,11H,2,5-8,10H2,1H3,(H,14,16). The van der Waals surface area contributed by atoms with Crippen LogP contribution in [0.4, 0.5) is 0 Å². The summed E-state index contributed by atoms with van der Waals surface area (Å²) in [6.07, 6.45) is 2.41. The van der Waals surface area contributed by atoms with Gasteiger partial charge in [-0.2, -0.15) is 0 Å². The Bertz CT molecular complexity index is 342. The molecule has 2 heterocycles. The van der Waals surface area contributed by atoms with Gasteiger partial charge in [0.25, 0.3) is 5.91 Å². The van der Waals surface area contributed by atoms with Gasteiger partial charge in [-0.1, -0.05) is 13.0 Å². The molecule has 2 rings (SSSR count). The van der Waals surface area contributed by atoms with E-state index in [-0.39, 0.29) is 5.91 Å². The molecule has 1 aromatic rings. The number of carbonyl (C=O) groups is 1. The fraction of sp³-hybridized carbons (Fsp3) is 0.615. The first-order valence-electron chi connectivity index (χ1n) is 6.33. The Kier molecular flexibility index (Phi) is 4.57. The fourth-order valence-electron chi connectivity index (χ4n) is 2.24. The molecular weight excluding hydrogens is 232 g/mol. The molecule has 1 aliphatic heterocycles. The summed E-state index contributed by atoms with van der Waals surface area (Å²) in [6, 6.07) is 3.79. The average Bonchev–Trinajstić information content (AvgIpc) is 2.90. The normalized spacial score (nSPS) is 18.2. The van der Waals surface area contributed by atoms with Gasteiger partial charge < -0.3 is 10.2 Å². The molecule has 94 valence electrons. The van der Waals surface area contributed by atoms with E-state index in [1.165, 1.54) is 37.3 Å². The molecule has 1 N–H and O–H groups in total. The van der Waals surface area contributed by atoms with Crippen LogP contribution in [0.1, 0.15) is 29.4 Å². The first-order chi connectivity index (χ1) is 8.29. The van der Waals surface area contributed by atoms with Crippen LogP contribution in [-0.2, 0) is 0 Å². The quantitative estimate of drug-likeness (QED) is 0.891. The second kappa shape index (κ2) is 6.17. The number of rotatable bonds is 4. The van der Waals surface area contributed by atoms with Crippen molar-refractivity contribution < 1.29 is 4.79 Å². The van der Waals surface area contributed by atoms with Crippen LogP contribution in [0.15, 0.2) is 17.5 Å². The molecule has 0 saturated carbocycles. The van der Waals surface area contributed by atoms with Crippen LogP contribution in [-0.4, -0.2) is 37.0 Å². The van der Waals surface area contributed by atoms with E-state index in [1.807, 2.05) is 17.5 Å². The number of nitrogens with zero attached hydrogens (tertiary/aromatic N) is 1. The Morgan fingerprint density at radius 1 is 1.53 bits per heavy atom. The lowest BCUT2D eigenvalue weighted by molar-refractivity contribution is 0.0941. The first kappa shape index (κ1) is 12.6. The SMILES string of the molecule is CCN1CCC(CNC(=O)c2cccs2)CC1. The maximum atomic E-state index is 11.8. The van der Waals surface area contributed by atoms with E-state index >= 15 is 0 Å². The molecule has 0 aromatic carbocycles. The summed E-state index contributed by atoms with van der Waals surface area (Å²) in [5, 5.41) is 4.98. The summed E-state index contributed by atoms with van der Waals surface area (Å²) in [5.74, 6) is 0.736. The van der Waals surface area contributed by atoms with Crippen LogP contribution in [0.5, 0.6) is 0 Å². The van der Waals surface area contributed by atoms with Crippen molar-refractivity contribution in [2.24, 2.45) is 5.92 Å². The molecular formula is C13H20N2OS. The first-order valence-corrected chi connectivity index (χ1v) is 7.21. The molecule has 1 aliphatic rings. The minimum atomic E-state index is 0.0814. The largest absolute Gasteiger partial charge is 0.351 e. The molecule has 17 heavy (non-hydrogen) atoms.